The van der Waals surface area contributed by atoms with E-state index >= 15 is 0 Å². The number of rotatable bonds is 4. The fourth-order valence-electron chi connectivity index (χ4n) is 1.87. The Balaban J connectivity index is 2.26. The molecule has 2 rings (SSSR count). The van der Waals surface area contributed by atoms with Gasteiger partial charge in [-0.3, -0.25) is 0 Å². The fourth-order valence-corrected chi connectivity index (χ4v) is 1.87. The van der Waals surface area contributed by atoms with Crippen LogP contribution in [0.2, 0.25) is 0 Å². The molecule has 4 N–H and O–H groups in total. The van der Waals surface area contributed by atoms with Crippen molar-refractivity contribution in [3.05, 3.63) is 36.0 Å². The van der Waals surface area contributed by atoms with Crippen molar-refractivity contribution in [1.82, 2.24) is 10.3 Å². The van der Waals surface area contributed by atoms with Crippen LogP contribution in [-0.4, -0.2) is 33.3 Å². The second kappa shape index (κ2) is 4.79. The lowest BCUT2D eigenvalue weighted by atomic mass is 10.1. The first-order chi connectivity index (χ1) is 8.58. The molecule has 0 aliphatic rings. The average Bonchev–Trinajstić information content (AvgIpc) is 2.71. The Morgan fingerprint density at radius 2 is 2.00 bits per heavy atom. The molecule has 0 fully saturated rings. The van der Waals surface area contributed by atoms with Crippen LogP contribution < -0.4 is 5.32 Å². The normalized spacial score (nSPS) is 12.2. The first kappa shape index (κ1) is 12.0. The van der Waals surface area contributed by atoms with Gasteiger partial charge in [-0.15, -0.1) is 0 Å². The first-order valence-electron chi connectivity index (χ1n) is 5.35. The highest BCUT2D eigenvalue weighted by atomic mass is 16.4. The molecule has 0 bridgehead atoms. The molecule has 18 heavy (non-hydrogen) atoms. The molecule has 6 nitrogen and oxygen atoms in total. The lowest BCUT2D eigenvalue weighted by molar-refractivity contribution is -0.139. The van der Waals surface area contributed by atoms with E-state index in [-0.39, 0.29) is 6.42 Å². The number of nitrogens with one attached hydrogen (secondary N) is 2. The molecular weight excluding hydrogens is 236 g/mol. The van der Waals surface area contributed by atoms with Crippen molar-refractivity contribution in [3.8, 4) is 0 Å². The topological polar surface area (TPSA) is 102 Å². The summed E-state index contributed by atoms with van der Waals surface area (Å²) in [5.41, 5.74) is 1.67. The molecule has 1 heterocycles. The number of carboxylic acid groups (broad SMARTS) is 2. The van der Waals surface area contributed by atoms with Gasteiger partial charge in [0.15, 0.2) is 0 Å². The number of para-hydroxylation sites is 1. The Labute approximate surface area is 102 Å². The average molecular weight is 248 g/mol. The van der Waals surface area contributed by atoms with Crippen molar-refractivity contribution >= 4 is 23.0 Å². The minimum Gasteiger partial charge on any atom is -0.480 e. The van der Waals surface area contributed by atoms with E-state index in [9.17, 15) is 9.59 Å². The van der Waals surface area contributed by atoms with E-state index in [1.807, 2.05) is 29.6 Å². The first-order valence-corrected chi connectivity index (χ1v) is 5.35. The molecule has 0 saturated heterocycles. The highest BCUT2D eigenvalue weighted by Crippen LogP contribution is 2.19. The Kier molecular flexibility index (Phi) is 3.18. The zero-order chi connectivity index (χ0) is 13.1. The van der Waals surface area contributed by atoms with E-state index in [2.05, 4.69) is 4.98 Å². The summed E-state index contributed by atoms with van der Waals surface area (Å²) in [4.78, 5) is 24.5. The van der Waals surface area contributed by atoms with Gasteiger partial charge < -0.3 is 20.5 Å². The molecule has 1 aromatic carbocycles. The van der Waals surface area contributed by atoms with E-state index in [0.29, 0.717) is 0 Å². The maximum atomic E-state index is 11.0. The lowest BCUT2D eigenvalue weighted by Crippen LogP contribution is -2.41. The summed E-state index contributed by atoms with van der Waals surface area (Å²) in [5, 5.41) is 20.4. The van der Waals surface area contributed by atoms with Crippen molar-refractivity contribution in [1.29, 1.82) is 0 Å². The minimum absolute atomic E-state index is 0.103. The Bertz CT molecular complexity index is 591. The third kappa shape index (κ3) is 2.42. The number of amides is 1. The summed E-state index contributed by atoms with van der Waals surface area (Å²) >= 11 is 0. The van der Waals surface area contributed by atoms with Crippen molar-refractivity contribution in [3.63, 3.8) is 0 Å². The highest BCUT2D eigenvalue weighted by molar-refractivity contribution is 5.85. The van der Waals surface area contributed by atoms with Gasteiger partial charge in [-0.05, 0) is 11.6 Å². The quantitative estimate of drug-likeness (QED) is 0.657. The maximum absolute atomic E-state index is 11.0. The molecule has 0 saturated carbocycles. The summed E-state index contributed by atoms with van der Waals surface area (Å²) in [7, 11) is 0. The Morgan fingerprint density at radius 3 is 2.67 bits per heavy atom. The van der Waals surface area contributed by atoms with E-state index in [4.69, 9.17) is 10.2 Å². The number of hydrogen-bond acceptors (Lipinski definition) is 2. The molecule has 94 valence electrons. The van der Waals surface area contributed by atoms with Crippen LogP contribution >= 0.6 is 0 Å². The Morgan fingerprint density at radius 1 is 1.28 bits per heavy atom. The zero-order valence-corrected chi connectivity index (χ0v) is 9.38. The summed E-state index contributed by atoms with van der Waals surface area (Å²) in [6.07, 6.45) is 0.456. The smallest absolute Gasteiger partial charge is 0.405 e. The van der Waals surface area contributed by atoms with Gasteiger partial charge >= 0.3 is 12.1 Å². The number of carboxylic acids is 1. The van der Waals surface area contributed by atoms with Crippen LogP contribution in [-0.2, 0) is 11.2 Å². The molecule has 0 spiro atoms. The van der Waals surface area contributed by atoms with Gasteiger partial charge in [0.1, 0.15) is 6.04 Å². The van der Waals surface area contributed by atoms with Crippen molar-refractivity contribution < 1.29 is 19.8 Å². The summed E-state index contributed by atoms with van der Waals surface area (Å²) in [5.74, 6) is -1.19. The third-order valence-corrected chi connectivity index (χ3v) is 2.69. The molecule has 1 atom stereocenters. The number of H-pyrrole nitrogens is 1. The Hall–Kier alpha value is -2.50. The van der Waals surface area contributed by atoms with Crippen molar-refractivity contribution in [2.24, 2.45) is 0 Å². The van der Waals surface area contributed by atoms with Gasteiger partial charge in [-0.25, -0.2) is 9.59 Å². The largest absolute Gasteiger partial charge is 0.480 e. The van der Waals surface area contributed by atoms with Crippen LogP contribution in [0.4, 0.5) is 4.79 Å². The SMILES string of the molecule is O=C(O)NC(Cc1c[nH]c2ccccc12)C(=O)O. The van der Waals surface area contributed by atoms with Crippen LogP contribution in [0, 0.1) is 0 Å². The summed E-state index contributed by atoms with van der Waals surface area (Å²) < 4.78 is 0. The molecular formula is C12H12N2O4. The number of benzene rings is 1. The molecule has 0 aliphatic heterocycles. The highest BCUT2D eigenvalue weighted by Gasteiger charge is 2.21. The number of fused-ring (bicyclic) bond motifs is 1. The number of hydrogen-bond donors (Lipinski definition) is 4. The van der Waals surface area contributed by atoms with Gasteiger partial charge in [0, 0.05) is 23.5 Å². The molecule has 6 heteroatoms. The van der Waals surface area contributed by atoms with Crippen LogP contribution in [0.3, 0.4) is 0 Å². The fraction of sp³-hybridized carbons (Fsp3) is 0.167. The number of aliphatic carboxylic acids is 1. The van der Waals surface area contributed by atoms with Crippen LogP contribution in [0.1, 0.15) is 5.56 Å². The van der Waals surface area contributed by atoms with Gasteiger partial charge in [0.05, 0.1) is 0 Å². The van der Waals surface area contributed by atoms with Gasteiger partial charge in [-0.1, -0.05) is 18.2 Å². The summed E-state index contributed by atoms with van der Waals surface area (Å²) in [6.45, 7) is 0. The van der Waals surface area contributed by atoms with Gasteiger partial charge in [-0.2, -0.15) is 0 Å². The standard InChI is InChI=1S/C12H12N2O4/c15-11(16)10(14-12(17)18)5-7-6-13-9-4-2-1-3-8(7)9/h1-4,6,10,13-14H,5H2,(H,15,16)(H,17,18). The molecule has 0 aliphatic carbocycles. The second-order valence-electron chi connectivity index (χ2n) is 3.90. The van der Waals surface area contributed by atoms with Gasteiger partial charge in [0.2, 0.25) is 0 Å². The second-order valence-corrected chi connectivity index (χ2v) is 3.90. The van der Waals surface area contributed by atoms with E-state index in [1.54, 1.807) is 6.20 Å². The number of aromatic amines is 1. The molecule has 1 amide bonds. The third-order valence-electron chi connectivity index (χ3n) is 2.69. The van der Waals surface area contributed by atoms with Crippen molar-refractivity contribution in [2.45, 2.75) is 12.5 Å². The molecule has 0 radical (unpaired) electrons. The molecule has 1 aromatic heterocycles. The summed E-state index contributed by atoms with van der Waals surface area (Å²) in [6, 6.07) is 6.30. The van der Waals surface area contributed by atoms with Crippen molar-refractivity contribution in [2.75, 3.05) is 0 Å². The number of carbonyl (C=O) groups is 2. The lowest BCUT2D eigenvalue weighted by Gasteiger charge is -2.11. The van der Waals surface area contributed by atoms with Crippen LogP contribution in [0.5, 0.6) is 0 Å². The monoisotopic (exact) mass is 248 g/mol. The predicted octanol–water partition coefficient (Wildman–Crippen LogP) is 1.43. The number of aromatic nitrogens is 1. The van der Waals surface area contributed by atoms with Gasteiger partial charge in [0.25, 0.3) is 0 Å². The maximum Gasteiger partial charge on any atom is 0.405 e. The molecule has 1 unspecified atom stereocenters. The van der Waals surface area contributed by atoms with Crippen LogP contribution in [0.15, 0.2) is 30.5 Å². The van der Waals surface area contributed by atoms with E-state index in [0.717, 1.165) is 16.5 Å². The zero-order valence-electron chi connectivity index (χ0n) is 9.38. The van der Waals surface area contributed by atoms with E-state index in [1.165, 1.54) is 0 Å². The molecule has 2 aromatic rings. The van der Waals surface area contributed by atoms with Crippen LogP contribution in [0.25, 0.3) is 10.9 Å². The minimum atomic E-state index is -1.35. The van der Waals surface area contributed by atoms with E-state index < -0.39 is 18.1 Å². The predicted molar refractivity (Wildman–Crippen MR) is 64.6 cm³/mol.